The maximum absolute atomic E-state index is 4.84. The second-order valence-electron chi connectivity index (χ2n) is 1.74. The molecule has 0 spiro atoms. The van der Waals surface area contributed by atoms with Crippen LogP contribution in [0.15, 0.2) is 4.99 Å². The van der Waals surface area contributed by atoms with Crippen molar-refractivity contribution in [3.8, 4) is 0 Å². The summed E-state index contributed by atoms with van der Waals surface area (Å²) < 4.78 is 4.84. The van der Waals surface area contributed by atoms with Crippen LogP contribution in [0.5, 0.6) is 0 Å². The summed E-state index contributed by atoms with van der Waals surface area (Å²) >= 11 is 0. The van der Waals surface area contributed by atoms with Gasteiger partial charge in [-0.1, -0.05) is 0 Å². The molecule has 4 heteroatoms. The Morgan fingerprint density at radius 3 is 2.70 bits per heavy atom. The third-order valence-electron chi connectivity index (χ3n) is 1.06. The highest BCUT2D eigenvalue weighted by atomic mass is 16.5. The summed E-state index contributed by atoms with van der Waals surface area (Å²) in [5.41, 5.74) is 0. The predicted octanol–water partition coefficient (Wildman–Crippen LogP) is -0.572. The standard InChI is InChI=1S/C6H15N3O/c1-7-6(8-2)9-4-5-10-3/h4-5H2,1-3H3,(H2,7,8,9). The first kappa shape index (κ1) is 9.23. The van der Waals surface area contributed by atoms with Gasteiger partial charge in [-0.2, -0.15) is 0 Å². The van der Waals surface area contributed by atoms with E-state index < -0.39 is 0 Å². The van der Waals surface area contributed by atoms with E-state index in [0.717, 1.165) is 12.5 Å². The van der Waals surface area contributed by atoms with E-state index in [-0.39, 0.29) is 0 Å². The maximum Gasteiger partial charge on any atom is 0.190 e. The van der Waals surface area contributed by atoms with Gasteiger partial charge in [-0.15, -0.1) is 0 Å². The zero-order valence-electron chi connectivity index (χ0n) is 6.77. The van der Waals surface area contributed by atoms with Gasteiger partial charge in [0.15, 0.2) is 5.96 Å². The second kappa shape index (κ2) is 6.35. The molecule has 0 saturated heterocycles. The highest BCUT2D eigenvalue weighted by Gasteiger charge is 1.89. The molecule has 60 valence electrons. The fourth-order valence-corrected chi connectivity index (χ4v) is 0.551. The lowest BCUT2D eigenvalue weighted by atomic mass is 10.7. The molecule has 0 bridgehead atoms. The molecule has 0 radical (unpaired) electrons. The molecule has 0 aromatic heterocycles. The van der Waals surface area contributed by atoms with Crippen molar-refractivity contribution in [2.24, 2.45) is 4.99 Å². The van der Waals surface area contributed by atoms with Crippen LogP contribution >= 0.6 is 0 Å². The molecule has 0 amide bonds. The smallest absolute Gasteiger partial charge is 0.190 e. The van der Waals surface area contributed by atoms with Gasteiger partial charge >= 0.3 is 0 Å². The van der Waals surface area contributed by atoms with E-state index in [1.165, 1.54) is 0 Å². The van der Waals surface area contributed by atoms with Crippen LogP contribution in [0.1, 0.15) is 0 Å². The van der Waals surface area contributed by atoms with Crippen LogP contribution in [0.2, 0.25) is 0 Å². The molecule has 4 nitrogen and oxygen atoms in total. The predicted molar refractivity (Wildman–Crippen MR) is 42.3 cm³/mol. The number of nitrogens with zero attached hydrogens (tertiary/aromatic N) is 1. The van der Waals surface area contributed by atoms with Gasteiger partial charge in [0.05, 0.1) is 6.61 Å². The van der Waals surface area contributed by atoms with E-state index in [0.29, 0.717) is 6.61 Å². The Balaban J connectivity index is 3.27. The second-order valence-corrected chi connectivity index (χ2v) is 1.74. The third kappa shape index (κ3) is 4.14. The van der Waals surface area contributed by atoms with Crippen molar-refractivity contribution in [2.45, 2.75) is 0 Å². The summed E-state index contributed by atoms with van der Waals surface area (Å²) in [4.78, 5) is 3.92. The van der Waals surface area contributed by atoms with Gasteiger partial charge in [0, 0.05) is 27.7 Å². The Bertz CT molecular complexity index is 103. The van der Waals surface area contributed by atoms with Crippen molar-refractivity contribution < 1.29 is 4.74 Å². The van der Waals surface area contributed by atoms with Crippen LogP contribution in [0.25, 0.3) is 0 Å². The summed E-state index contributed by atoms with van der Waals surface area (Å²) in [6.45, 7) is 1.48. The van der Waals surface area contributed by atoms with Crippen molar-refractivity contribution in [2.75, 3.05) is 34.4 Å². The van der Waals surface area contributed by atoms with E-state index in [4.69, 9.17) is 4.74 Å². The normalized spacial score (nSPS) is 11.3. The summed E-state index contributed by atoms with van der Waals surface area (Å²) in [5.74, 6) is 0.789. The Morgan fingerprint density at radius 1 is 1.60 bits per heavy atom. The number of guanidine groups is 1. The van der Waals surface area contributed by atoms with Gasteiger partial charge in [-0.25, -0.2) is 0 Å². The summed E-state index contributed by atoms with van der Waals surface area (Å²) in [7, 11) is 5.22. The molecule has 0 aliphatic carbocycles. The van der Waals surface area contributed by atoms with E-state index in [1.54, 1.807) is 14.2 Å². The van der Waals surface area contributed by atoms with E-state index in [2.05, 4.69) is 15.6 Å². The Labute approximate surface area is 61.7 Å². The maximum atomic E-state index is 4.84. The first-order valence-corrected chi connectivity index (χ1v) is 3.22. The van der Waals surface area contributed by atoms with Crippen molar-refractivity contribution in [1.82, 2.24) is 10.6 Å². The molecule has 0 unspecified atom stereocenters. The number of aliphatic imine (C=N–C) groups is 1. The van der Waals surface area contributed by atoms with Crippen molar-refractivity contribution in [1.29, 1.82) is 0 Å². The molecule has 2 N–H and O–H groups in total. The zero-order valence-corrected chi connectivity index (χ0v) is 6.77. The quantitative estimate of drug-likeness (QED) is 0.317. The molecular formula is C6H15N3O. The molecule has 0 aromatic carbocycles. The number of rotatable bonds is 3. The van der Waals surface area contributed by atoms with E-state index in [1.807, 2.05) is 7.05 Å². The zero-order chi connectivity index (χ0) is 7.82. The Morgan fingerprint density at radius 2 is 2.30 bits per heavy atom. The first-order chi connectivity index (χ1) is 4.85. The van der Waals surface area contributed by atoms with Crippen LogP contribution in [-0.2, 0) is 4.74 Å². The average Bonchev–Trinajstić information content (AvgIpc) is 1.99. The SMILES string of the molecule is CN=C(NC)NCCOC. The minimum absolute atomic E-state index is 0.695. The molecule has 10 heavy (non-hydrogen) atoms. The molecule has 0 aromatic rings. The first-order valence-electron chi connectivity index (χ1n) is 3.22. The third-order valence-corrected chi connectivity index (χ3v) is 1.06. The lowest BCUT2D eigenvalue weighted by molar-refractivity contribution is 0.203. The van der Waals surface area contributed by atoms with Gasteiger partial charge in [0.1, 0.15) is 0 Å². The van der Waals surface area contributed by atoms with E-state index in [9.17, 15) is 0 Å². The summed E-state index contributed by atoms with van der Waals surface area (Å²) in [6, 6.07) is 0. The minimum atomic E-state index is 0.695. The Kier molecular flexibility index (Phi) is 5.86. The minimum Gasteiger partial charge on any atom is -0.383 e. The van der Waals surface area contributed by atoms with Gasteiger partial charge < -0.3 is 15.4 Å². The van der Waals surface area contributed by atoms with Gasteiger partial charge in [0.25, 0.3) is 0 Å². The molecule has 0 aliphatic heterocycles. The largest absolute Gasteiger partial charge is 0.383 e. The summed E-state index contributed by atoms with van der Waals surface area (Å²) in [6.07, 6.45) is 0. The number of ether oxygens (including phenoxy) is 1. The fraction of sp³-hybridized carbons (Fsp3) is 0.833. The molecule has 0 aliphatic rings. The van der Waals surface area contributed by atoms with Gasteiger partial charge in [-0.05, 0) is 0 Å². The topological polar surface area (TPSA) is 45.7 Å². The average molecular weight is 145 g/mol. The fourth-order valence-electron chi connectivity index (χ4n) is 0.551. The number of hydrogen-bond acceptors (Lipinski definition) is 2. The van der Waals surface area contributed by atoms with Crippen LogP contribution in [0.4, 0.5) is 0 Å². The van der Waals surface area contributed by atoms with Crippen molar-refractivity contribution in [3.63, 3.8) is 0 Å². The molecule has 0 atom stereocenters. The van der Waals surface area contributed by atoms with Crippen LogP contribution < -0.4 is 10.6 Å². The number of hydrogen-bond donors (Lipinski definition) is 2. The van der Waals surface area contributed by atoms with E-state index >= 15 is 0 Å². The number of methoxy groups -OCH3 is 1. The molecule has 0 heterocycles. The monoisotopic (exact) mass is 145 g/mol. The van der Waals surface area contributed by atoms with Crippen LogP contribution in [-0.4, -0.2) is 40.3 Å². The van der Waals surface area contributed by atoms with Gasteiger partial charge in [0.2, 0.25) is 0 Å². The van der Waals surface area contributed by atoms with Gasteiger partial charge in [-0.3, -0.25) is 4.99 Å². The lowest BCUT2D eigenvalue weighted by Gasteiger charge is -2.06. The van der Waals surface area contributed by atoms with Crippen molar-refractivity contribution >= 4 is 5.96 Å². The number of nitrogens with one attached hydrogen (secondary N) is 2. The molecule has 0 saturated carbocycles. The van der Waals surface area contributed by atoms with Crippen LogP contribution in [0.3, 0.4) is 0 Å². The van der Waals surface area contributed by atoms with Crippen LogP contribution in [0, 0.1) is 0 Å². The molecule has 0 fully saturated rings. The highest BCUT2D eigenvalue weighted by Crippen LogP contribution is 1.66. The Hall–Kier alpha value is -0.770. The molecule has 0 rings (SSSR count). The van der Waals surface area contributed by atoms with Crippen molar-refractivity contribution in [3.05, 3.63) is 0 Å². The molecular weight excluding hydrogens is 130 g/mol. The summed E-state index contributed by atoms with van der Waals surface area (Å²) in [5, 5.41) is 5.93. The lowest BCUT2D eigenvalue weighted by Crippen LogP contribution is -2.36. The highest BCUT2D eigenvalue weighted by molar-refractivity contribution is 5.79.